The Morgan fingerprint density at radius 2 is 1.90 bits per heavy atom. The molecule has 2 atom stereocenters. The Hall–Kier alpha value is -2.34. The Morgan fingerprint density at radius 1 is 1.23 bits per heavy atom. The first-order valence-corrected chi connectivity index (χ1v) is 11.1. The van der Waals surface area contributed by atoms with E-state index in [9.17, 15) is 14.7 Å². The standard InChI is InChI=1S/C24H33N3O3/c1-4-6-17-9-11-18(12-10-17)21-20(13-28)27(22(29)19-7-5-8-19)24(21)14-26(15-24)23(30)25-16(2)3/h4,6,9-12,16,19-21,28H,5,7-8,13-15H2,1-3H3,(H,25,30)/b6-4+/t20-,21+/m1/s1. The van der Waals surface area contributed by atoms with Crippen LogP contribution in [0.2, 0.25) is 0 Å². The summed E-state index contributed by atoms with van der Waals surface area (Å²) >= 11 is 0. The molecule has 2 aliphatic heterocycles. The van der Waals surface area contributed by atoms with E-state index in [4.69, 9.17) is 0 Å². The van der Waals surface area contributed by atoms with Crippen LogP contribution in [0.4, 0.5) is 4.79 Å². The van der Waals surface area contributed by atoms with Crippen LogP contribution in [0.5, 0.6) is 0 Å². The van der Waals surface area contributed by atoms with Gasteiger partial charge in [-0.15, -0.1) is 0 Å². The van der Waals surface area contributed by atoms with Crippen LogP contribution in [0.1, 0.15) is 57.1 Å². The predicted molar refractivity (Wildman–Crippen MR) is 117 cm³/mol. The largest absolute Gasteiger partial charge is 0.394 e. The van der Waals surface area contributed by atoms with Crippen molar-refractivity contribution in [1.29, 1.82) is 0 Å². The van der Waals surface area contributed by atoms with Crippen molar-refractivity contribution in [2.24, 2.45) is 5.92 Å². The predicted octanol–water partition coefficient (Wildman–Crippen LogP) is 2.98. The molecule has 1 aliphatic carbocycles. The Labute approximate surface area is 178 Å². The lowest BCUT2D eigenvalue weighted by molar-refractivity contribution is -0.199. The second-order valence-electron chi connectivity index (χ2n) is 9.29. The van der Waals surface area contributed by atoms with Crippen molar-refractivity contribution >= 4 is 18.0 Å². The summed E-state index contributed by atoms with van der Waals surface area (Å²) in [7, 11) is 0. The van der Waals surface area contributed by atoms with E-state index in [2.05, 4.69) is 35.7 Å². The van der Waals surface area contributed by atoms with Gasteiger partial charge in [-0.05, 0) is 44.7 Å². The van der Waals surface area contributed by atoms with Gasteiger partial charge in [-0.25, -0.2) is 4.79 Å². The van der Waals surface area contributed by atoms with Crippen LogP contribution in [0.25, 0.3) is 6.08 Å². The Morgan fingerprint density at radius 3 is 2.40 bits per heavy atom. The summed E-state index contributed by atoms with van der Waals surface area (Å²) in [6.45, 7) is 6.86. The molecular formula is C24H33N3O3. The number of allylic oxidation sites excluding steroid dienone is 1. The summed E-state index contributed by atoms with van der Waals surface area (Å²) in [5.41, 5.74) is 1.85. The molecule has 6 nitrogen and oxygen atoms in total. The van der Waals surface area contributed by atoms with Gasteiger partial charge in [0.05, 0.1) is 18.2 Å². The lowest BCUT2D eigenvalue weighted by Gasteiger charge is -2.71. The van der Waals surface area contributed by atoms with Gasteiger partial charge in [0.2, 0.25) is 5.91 Å². The molecule has 1 saturated carbocycles. The third-order valence-corrected chi connectivity index (χ3v) is 6.94. The molecule has 1 aromatic rings. The van der Waals surface area contributed by atoms with Gasteiger partial charge >= 0.3 is 6.03 Å². The number of carbonyl (C=O) groups is 2. The summed E-state index contributed by atoms with van der Waals surface area (Å²) in [6, 6.07) is 8.13. The Balaban J connectivity index is 1.60. The van der Waals surface area contributed by atoms with Gasteiger partial charge in [-0.3, -0.25) is 4.79 Å². The molecular weight excluding hydrogens is 378 g/mol. The highest BCUT2D eigenvalue weighted by atomic mass is 16.3. The van der Waals surface area contributed by atoms with E-state index in [1.165, 1.54) is 0 Å². The number of amides is 3. The molecule has 0 radical (unpaired) electrons. The second-order valence-corrected chi connectivity index (χ2v) is 9.29. The number of aliphatic hydroxyl groups excluding tert-OH is 1. The highest BCUT2D eigenvalue weighted by Crippen LogP contribution is 2.55. The summed E-state index contributed by atoms with van der Waals surface area (Å²) in [6.07, 6.45) is 7.03. The number of likely N-dealkylation sites (tertiary alicyclic amines) is 2. The molecule has 0 aromatic heterocycles. The highest BCUT2D eigenvalue weighted by Gasteiger charge is 2.68. The van der Waals surface area contributed by atoms with Crippen molar-refractivity contribution in [2.45, 2.75) is 63.6 Å². The van der Waals surface area contributed by atoms with Crippen LogP contribution in [0, 0.1) is 5.92 Å². The minimum atomic E-state index is -0.406. The summed E-state index contributed by atoms with van der Waals surface area (Å²) in [5, 5.41) is 13.1. The van der Waals surface area contributed by atoms with Gasteiger partial charge in [0.15, 0.2) is 0 Å². The SMILES string of the molecule is C/C=C/c1ccc([C@H]2[C@@H](CO)N(C(=O)C3CCC3)C23CN(C(=O)NC(C)C)C3)cc1. The van der Waals surface area contributed by atoms with Gasteiger partial charge in [-0.2, -0.15) is 0 Å². The minimum absolute atomic E-state index is 0.0364. The molecule has 1 spiro atoms. The number of rotatable bonds is 5. The van der Waals surface area contributed by atoms with Crippen molar-refractivity contribution in [3.05, 3.63) is 41.5 Å². The van der Waals surface area contributed by atoms with Gasteiger partial charge in [0.25, 0.3) is 0 Å². The van der Waals surface area contributed by atoms with Crippen LogP contribution in [0.3, 0.4) is 0 Å². The second kappa shape index (κ2) is 8.06. The fourth-order valence-electron chi connectivity index (χ4n) is 5.31. The topological polar surface area (TPSA) is 72.9 Å². The average molecular weight is 412 g/mol. The molecule has 3 aliphatic rings. The summed E-state index contributed by atoms with van der Waals surface area (Å²) in [4.78, 5) is 29.5. The molecule has 3 amide bonds. The number of aliphatic hydroxyl groups is 1. The van der Waals surface area contributed by atoms with Crippen molar-refractivity contribution in [2.75, 3.05) is 19.7 Å². The maximum atomic E-state index is 13.2. The number of nitrogens with zero attached hydrogens (tertiary/aromatic N) is 2. The zero-order valence-electron chi connectivity index (χ0n) is 18.2. The molecule has 2 N–H and O–H groups in total. The van der Waals surface area contributed by atoms with E-state index in [1.807, 2.05) is 31.7 Å². The lowest BCUT2D eigenvalue weighted by atomic mass is 9.60. The first kappa shape index (κ1) is 20.9. The van der Waals surface area contributed by atoms with Gasteiger partial charge in [0.1, 0.15) is 0 Å². The molecule has 2 saturated heterocycles. The average Bonchev–Trinajstić information content (AvgIpc) is 2.59. The number of hydrogen-bond acceptors (Lipinski definition) is 3. The van der Waals surface area contributed by atoms with Crippen LogP contribution < -0.4 is 5.32 Å². The number of benzene rings is 1. The number of carbonyl (C=O) groups excluding carboxylic acids is 2. The van der Waals surface area contributed by atoms with Gasteiger partial charge in [-0.1, -0.05) is 42.8 Å². The van der Waals surface area contributed by atoms with Crippen molar-refractivity contribution < 1.29 is 14.7 Å². The first-order chi connectivity index (χ1) is 14.4. The number of urea groups is 1. The monoisotopic (exact) mass is 411 g/mol. The molecule has 4 rings (SSSR count). The number of nitrogens with one attached hydrogen (secondary N) is 1. The minimum Gasteiger partial charge on any atom is -0.394 e. The normalized spacial score (nSPS) is 25.2. The number of hydrogen-bond donors (Lipinski definition) is 2. The summed E-state index contributed by atoms with van der Waals surface area (Å²) in [5.74, 6) is 0.271. The van der Waals surface area contributed by atoms with E-state index in [0.29, 0.717) is 13.1 Å². The van der Waals surface area contributed by atoms with Crippen molar-refractivity contribution in [3.63, 3.8) is 0 Å². The van der Waals surface area contributed by atoms with Gasteiger partial charge < -0.3 is 20.2 Å². The molecule has 162 valence electrons. The maximum absolute atomic E-state index is 13.2. The zero-order chi connectivity index (χ0) is 21.5. The van der Waals surface area contributed by atoms with Crippen LogP contribution in [-0.4, -0.2) is 64.2 Å². The maximum Gasteiger partial charge on any atom is 0.317 e. The third kappa shape index (κ3) is 3.31. The molecule has 2 heterocycles. The van der Waals surface area contributed by atoms with Crippen molar-refractivity contribution in [1.82, 2.24) is 15.1 Å². The van der Waals surface area contributed by atoms with E-state index in [-0.39, 0.29) is 42.5 Å². The molecule has 0 bridgehead atoms. The molecule has 6 heteroatoms. The van der Waals surface area contributed by atoms with E-state index >= 15 is 0 Å². The summed E-state index contributed by atoms with van der Waals surface area (Å²) < 4.78 is 0. The van der Waals surface area contributed by atoms with Crippen LogP contribution in [0.15, 0.2) is 30.3 Å². The van der Waals surface area contributed by atoms with E-state index in [1.54, 1.807) is 4.90 Å². The third-order valence-electron chi connectivity index (χ3n) is 6.94. The lowest BCUT2D eigenvalue weighted by Crippen LogP contribution is -2.86. The zero-order valence-corrected chi connectivity index (χ0v) is 18.2. The van der Waals surface area contributed by atoms with Gasteiger partial charge in [0, 0.05) is 31.0 Å². The Bertz CT molecular complexity index is 823. The Kier molecular flexibility index (Phi) is 5.62. The fraction of sp³-hybridized carbons (Fsp3) is 0.583. The van der Waals surface area contributed by atoms with Crippen LogP contribution in [-0.2, 0) is 4.79 Å². The van der Waals surface area contributed by atoms with Crippen molar-refractivity contribution in [3.8, 4) is 0 Å². The quantitative estimate of drug-likeness (QED) is 0.782. The molecule has 1 aromatic carbocycles. The molecule has 3 fully saturated rings. The molecule has 30 heavy (non-hydrogen) atoms. The van der Waals surface area contributed by atoms with Crippen LogP contribution >= 0.6 is 0 Å². The first-order valence-electron chi connectivity index (χ1n) is 11.1. The smallest absolute Gasteiger partial charge is 0.317 e. The van der Waals surface area contributed by atoms with E-state index < -0.39 is 5.54 Å². The highest BCUT2D eigenvalue weighted by molar-refractivity contribution is 5.84. The molecule has 0 unspecified atom stereocenters. The fourth-order valence-corrected chi connectivity index (χ4v) is 5.31. The van der Waals surface area contributed by atoms with E-state index in [0.717, 1.165) is 30.4 Å².